The van der Waals surface area contributed by atoms with Crippen LogP contribution < -0.4 is 0 Å². The lowest BCUT2D eigenvalue weighted by molar-refractivity contribution is 0.674. The van der Waals surface area contributed by atoms with Gasteiger partial charge in [0, 0.05) is 25.2 Å². The Morgan fingerprint density at radius 3 is 3.00 bits per heavy atom. The van der Waals surface area contributed by atoms with Gasteiger partial charge in [-0.3, -0.25) is 4.99 Å². The number of hydrogen-bond acceptors (Lipinski definition) is 2. The van der Waals surface area contributed by atoms with E-state index in [1.54, 1.807) is 6.20 Å². The summed E-state index contributed by atoms with van der Waals surface area (Å²) < 4.78 is 2.01. The number of imidazole rings is 1. The van der Waals surface area contributed by atoms with Gasteiger partial charge in [0.2, 0.25) is 0 Å². The summed E-state index contributed by atoms with van der Waals surface area (Å²) in [7, 11) is 0. The zero-order chi connectivity index (χ0) is 10.1. The Morgan fingerprint density at radius 1 is 1.36 bits per heavy atom. The van der Waals surface area contributed by atoms with Gasteiger partial charge < -0.3 is 4.57 Å². The van der Waals surface area contributed by atoms with Crippen LogP contribution in [-0.2, 0) is 6.54 Å². The Hall–Kier alpha value is -1.12. The van der Waals surface area contributed by atoms with E-state index < -0.39 is 0 Å². The minimum absolute atomic E-state index is 0.841. The van der Waals surface area contributed by atoms with Crippen LogP contribution in [0.2, 0.25) is 0 Å². The van der Waals surface area contributed by atoms with Crippen molar-refractivity contribution < 1.29 is 0 Å². The van der Waals surface area contributed by atoms with Crippen molar-refractivity contribution in [3.63, 3.8) is 0 Å². The van der Waals surface area contributed by atoms with Crippen LogP contribution in [0, 0.1) is 0 Å². The van der Waals surface area contributed by atoms with E-state index in [1.807, 2.05) is 23.3 Å². The summed E-state index contributed by atoms with van der Waals surface area (Å²) in [5.74, 6) is 0. The van der Waals surface area contributed by atoms with Crippen molar-refractivity contribution in [3.8, 4) is 0 Å². The van der Waals surface area contributed by atoms with Gasteiger partial charge in [-0.15, -0.1) is 0 Å². The summed E-state index contributed by atoms with van der Waals surface area (Å²) in [6, 6.07) is 0. The minimum Gasteiger partial charge on any atom is -0.332 e. The lowest BCUT2D eigenvalue weighted by Gasteiger charge is -1.95. The normalized spacial score (nSPS) is 11.2. The molecule has 1 aromatic rings. The zero-order valence-electron chi connectivity index (χ0n) is 8.89. The maximum absolute atomic E-state index is 4.34. The van der Waals surface area contributed by atoms with Crippen LogP contribution in [0.3, 0.4) is 0 Å². The second kappa shape index (κ2) is 7.30. The molecule has 0 bridgehead atoms. The molecular weight excluding hydrogens is 174 g/mol. The number of unbranched alkanes of at least 4 members (excludes halogenated alkanes) is 3. The SMILES string of the molecule is CCCCCCN=CCn1ccnc1. The molecule has 0 spiro atoms. The number of aliphatic imine (C=N–C) groups is 1. The molecule has 0 amide bonds. The first kappa shape index (κ1) is 11.0. The highest BCUT2D eigenvalue weighted by Crippen LogP contribution is 1.98. The van der Waals surface area contributed by atoms with Crippen LogP contribution in [0.1, 0.15) is 32.6 Å². The van der Waals surface area contributed by atoms with Gasteiger partial charge in [0.1, 0.15) is 0 Å². The van der Waals surface area contributed by atoms with Crippen molar-refractivity contribution in [2.45, 2.75) is 39.2 Å². The third-order valence-corrected chi connectivity index (χ3v) is 2.12. The van der Waals surface area contributed by atoms with Crippen LogP contribution in [0.4, 0.5) is 0 Å². The highest BCUT2D eigenvalue weighted by atomic mass is 15.0. The van der Waals surface area contributed by atoms with E-state index in [2.05, 4.69) is 16.9 Å². The summed E-state index contributed by atoms with van der Waals surface area (Å²) in [5, 5.41) is 0. The molecule has 78 valence electrons. The average molecular weight is 193 g/mol. The lowest BCUT2D eigenvalue weighted by Crippen LogP contribution is -1.95. The van der Waals surface area contributed by atoms with E-state index >= 15 is 0 Å². The van der Waals surface area contributed by atoms with Gasteiger partial charge in [-0.05, 0) is 6.42 Å². The standard InChI is InChI=1S/C11H19N3/c1-2-3-4-5-6-12-7-9-14-10-8-13-11-14/h7-8,10-11H,2-6,9H2,1H3. The molecule has 0 atom stereocenters. The molecule has 0 unspecified atom stereocenters. The van der Waals surface area contributed by atoms with E-state index in [9.17, 15) is 0 Å². The Bertz CT molecular complexity index is 239. The monoisotopic (exact) mass is 193 g/mol. The fourth-order valence-corrected chi connectivity index (χ4v) is 1.27. The molecule has 0 aliphatic heterocycles. The number of nitrogens with zero attached hydrogens (tertiary/aromatic N) is 3. The fourth-order valence-electron chi connectivity index (χ4n) is 1.27. The quantitative estimate of drug-likeness (QED) is 0.483. The highest BCUT2D eigenvalue weighted by molar-refractivity contribution is 5.56. The number of hydrogen-bond donors (Lipinski definition) is 0. The summed E-state index contributed by atoms with van der Waals surface area (Å²) in [6.07, 6.45) is 12.7. The molecule has 3 nitrogen and oxygen atoms in total. The fraction of sp³-hybridized carbons (Fsp3) is 0.636. The van der Waals surface area contributed by atoms with Crippen molar-refractivity contribution in [3.05, 3.63) is 18.7 Å². The molecule has 0 saturated heterocycles. The third-order valence-electron chi connectivity index (χ3n) is 2.12. The molecule has 0 radical (unpaired) electrons. The molecule has 0 aliphatic rings. The van der Waals surface area contributed by atoms with Crippen LogP contribution >= 0.6 is 0 Å². The smallest absolute Gasteiger partial charge is 0.0949 e. The molecule has 0 fully saturated rings. The molecule has 0 N–H and O–H groups in total. The summed E-state index contributed by atoms with van der Waals surface area (Å²) in [4.78, 5) is 8.31. The number of rotatable bonds is 7. The van der Waals surface area contributed by atoms with Gasteiger partial charge in [-0.1, -0.05) is 26.2 Å². The van der Waals surface area contributed by atoms with Crippen molar-refractivity contribution in [1.29, 1.82) is 0 Å². The van der Waals surface area contributed by atoms with Crippen LogP contribution in [-0.4, -0.2) is 22.3 Å². The van der Waals surface area contributed by atoms with E-state index in [4.69, 9.17) is 0 Å². The summed E-state index contributed by atoms with van der Waals surface area (Å²) >= 11 is 0. The van der Waals surface area contributed by atoms with E-state index in [0.29, 0.717) is 0 Å². The Labute approximate surface area is 85.9 Å². The molecule has 1 rings (SSSR count). The first-order chi connectivity index (χ1) is 6.93. The lowest BCUT2D eigenvalue weighted by atomic mass is 10.2. The molecule has 3 heteroatoms. The van der Waals surface area contributed by atoms with Gasteiger partial charge in [0.05, 0.1) is 12.9 Å². The first-order valence-corrected chi connectivity index (χ1v) is 5.37. The first-order valence-electron chi connectivity index (χ1n) is 5.37. The molecule has 0 saturated carbocycles. The average Bonchev–Trinajstić information content (AvgIpc) is 2.69. The van der Waals surface area contributed by atoms with Gasteiger partial charge >= 0.3 is 0 Å². The second-order valence-electron chi connectivity index (χ2n) is 3.41. The van der Waals surface area contributed by atoms with Gasteiger partial charge in [-0.25, -0.2) is 4.98 Å². The van der Waals surface area contributed by atoms with Crippen molar-refractivity contribution in [2.75, 3.05) is 6.54 Å². The summed E-state index contributed by atoms with van der Waals surface area (Å²) in [5.41, 5.74) is 0. The van der Waals surface area contributed by atoms with Crippen molar-refractivity contribution in [2.24, 2.45) is 4.99 Å². The predicted octanol–water partition coefficient (Wildman–Crippen LogP) is 2.53. The predicted molar refractivity (Wildman–Crippen MR) is 59.7 cm³/mol. The molecule has 1 aromatic heterocycles. The van der Waals surface area contributed by atoms with Crippen LogP contribution in [0.5, 0.6) is 0 Å². The van der Waals surface area contributed by atoms with Crippen molar-refractivity contribution in [1.82, 2.24) is 9.55 Å². The second-order valence-corrected chi connectivity index (χ2v) is 3.41. The Morgan fingerprint density at radius 2 is 2.29 bits per heavy atom. The maximum atomic E-state index is 4.34. The third kappa shape index (κ3) is 4.80. The topological polar surface area (TPSA) is 30.2 Å². The van der Waals surface area contributed by atoms with E-state index in [1.165, 1.54) is 25.7 Å². The van der Waals surface area contributed by atoms with Crippen LogP contribution in [0.25, 0.3) is 0 Å². The molecule has 14 heavy (non-hydrogen) atoms. The zero-order valence-corrected chi connectivity index (χ0v) is 8.89. The van der Waals surface area contributed by atoms with Gasteiger partial charge in [0.25, 0.3) is 0 Å². The van der Waals surface area contributed by atoms with Gasteiger partial charge in [-0.2, -0.15) is 0 Å². The van der Waals surface area contributed by atoms with E-state index in [0.717, 1.165) is 13.1 Å². The minimum atomic E-state index is 0.841. The largest absolute Gasteiger partial charge is 0.332 e. The van der Waals surface area contributed by atoms with Gasteiger partial charge in [0.15, 0.2) is 0 Å². The molecule has 1 heterocycles. The molecule has 0 aromatic carbocycles. The summed E-state index contributed by atoms with van der Waals surface area (Å²) in [6.45, 7) is 4.03. The van der Waals surface area contributed by atoms with Crippen molar-refractivity contribution >= 4 is 6.21 Å². The Kier molecular flexibility index (Phi) is 5.71. The highest BCUT2D eigenvalue weighted by Gasteiger charge is 1.86. The van der Waals surface area contributed by atoms with E-state index in [-0.39, 0.29) is 0 Å². The number of aromatic nitrogens is 2. The molecular formula is C11H19N3. The Balaban J connectivity index is 1.99. The maximum Gasteiger partial charge on any atom is 0.0949 e. The van der Waals surface area contributed by atoms with Crippen LogP contribution in [0.15, 0.2) is 23.7 Å². The molecule has 0 aliphatic carbocycles.